The van der Waals surface area contributed by atoms with Gasteiger partial charge < -0.3 is 14.6 Å². The molecule has 1 aromatic heterocycles. The first kappa shape index (κ1) is 35.9. The molecule has 0 spiro atoms. The third kappa shape index (κ3) is 7.99. The zero-order valence-corrected chi connectivity index (χ0v) is 31.2. The van der Waals surface area contributed by atoms with E-state index in [1.165, 1.54) is 33.4 Å². The van der Waals surface area contributed by atoms with Crippen LogP contribution in [0.15, 0.2) is 125 Å². The highest BCUT2D eigenvalue weighted by Gasteiger charge is 2.48. The molecule has 1 aliphatic heterocycles. The zero-order chi connectivity index (χ0) is 36.7. The van der Waals surface area contributed by atoms with Gasteiger partial charge in [0, 0.05) is 11.3 Å². The zero-order valence-electron chi connectivity index (χ0n) is 29.5. The maximum atomic E-state index is 13.9. The van der Waals surface area contributed by atoms with E-state index in [1.54, 1.807) is 24.3 Å². The minimum absolute atomic E-state index is 0.0275. The van der Waals surface area contributed by atoms with Gasteiger partial charge in [0.05, 0.1) is 18.2 Å². The van der Waals surface area contributed by atoms with Gasteiger partial charge in [0.25, 0.3) is 5.78 Å². The molecule has 1 unspecified atom stereocenters. The molecule has 0 saturated carbocycles. The summed E-state index contributed by atoms with van der Waals surface area (Å²) in [7, 11) is 0. The number of benzene rings is 5. The molecule has 1 saturated heterocycles. The summed E-state index contributed by atoms with van der Waals surface area (Å²) in [5.74, 6) is 0.0905. The molecule has 1 fully saturated rings. The van der Waals surface area contributed by atoms with Gasteiger partial charge in [0.1, 0.15) is 23.9 Å². The molecule has 0 bridgehead atoms. The number of aromatic nitrogens is 2. The number of Topliss-reactive ketones (excluding diaryl/α,β-unsaturated/α-hetero) is 1. The lowest BCUT2D eigenvalue weighted by atomic mass is 9.95. The van der Waals surface area contributed by atoms with Crippen LogP contribution >= 0.6 is 23.1 Å². The first-order valence-electron chi connectivity index (χ1n) is 17.7. The molecular formula is C43H39N3O5S2. The van der Waals surface area contributed by atoms with Crippen molar-refractivity contribution < 1.29 is 24.2 Å². The van der Waals surface area contributed by atoms with Gasteiger partial charge in [-0.2, -0.15) is 0 Å². The predicted molar refractivity (Wildman–Crippen MR) is 212 cm³/mol. The summed E-state index contributed by atoms with van der Waals surface area (Å²) in [5, 5.41) is 23.1. The molecule has 1 aliphatic rings. The Morgan fingerprint density at radius 1 is 0.811 bits per heavy atom. The van der Waals surface area contributed by atoms with Crippen molar-refractivity contribution >= 4 is 56.5 Å². The van der Waals surface area contributed by atoms with Crippen LogP contribution in [0, 0.1) is 6.92 Å². The molecule has 1 amide bonds. The normalized spacial score (nSPS) is 15.3. The highest BCUT2D eigenvalue weighted by atomic mass is 32.2. The number of ketones is 1. The lowest BCUT2D eigenvalue weighted by Crippen LogP contribution is -2.29. The molecule has 0 radical (unpaired) electrons. The number of anilines is 1. The Hall–Kier alpha value is -5.45. The average Bonchev–Trinajstić information content (AvgIpc) is 3.76. The van der Waals surface area contributed by atoms with Crippen LogP contribution in [0.25, 0.3) is 16.5 Å². The Morgan fingerprint density at radius 2 is 1.51 bits per heavy atom. The summed E-state index contributed by atoms with van der Waals surface area (Å²) in [6.07, 6.45) is 3.13. The second-order valence-electron chi connectivity index (χ2n) is 12.8. The van der Waals surface area contributed by atoms with Gasteiger partial charge in [-0.05, 0) is 82.8 Å². The number of amides is 1. The van der Waals surface area contributed by atoms with Crippen molar-refractivity contribution in [1.29, 1.82) is 0 Å². The summed E-state index contributed by atoms with van der Waals surface area (Å²) < 4.78 is 12.6. The van der Waals surface area contributed by atoms with E-state index in [2.05, 4.69) is 41.4 Å². The number of carbonyl (C=O) groups is 2. The highest BCUT2D eigenvalue weighted by molar-refractivity contribution is 8.00. The number of hydrogen-bond donors (Lipinski definition) is 1. The molecule has 10 heteroatoms. The molecule has 268 valence electrons. The number of carbonyl (C=O) groups excluding carboxylic acids is 2. The van der Waals surface area contributed by atoms with Crippen molar-refractivity contribution in [3.63, 3.8) is 0 Å². The SMILES string of the molecule is CCCCCOc1ccc(C2/C(=C(\O)c3ccc(OCc4ccccc4C)cc3)C(=O)C(=O)N2c2nnc(SCc3cccc4ccccc34)s2)cc1. The van der Waals surface area contributed by atoms with Crippen LogP contribution in [0.4, 0.5) is 5.13 Å². The summed E-state index contributed by atoms with van der Waals surface area (Å²) in [4.78, 5) is 29.1. The molecule has 7 rings (SSSR count). The van der Waals surface area contributed by atoms with Crippen molar-refractivity contribution in [2.75, 3.05) is 11.5 Å². The fourth-order valence-corrected chi connectivity index (χ4v) is 8.22. The fourth-order valence-electron chi connectivity index (χ4n) is 6.35. The third-order valence-corrected chi connectivity index (χ3v) is 11.4. The molecule has 2 heterocycles. The molecule has 1 atom stereocenters. The van der Waals surface area contributed by atoms with Crippen LogP contribution in [0.1, 0.15) is 60.0 Å². The Morgan fingerprint density at radius 3 is 2.30 bits per heavy atom. The largest absolute Gasteiger partial charge is 0.507 e. The number of unbranched alkanes of at least 4 members (excludes halogenated alkanes) is 2. The van der Waals surface area contributed by atoms with Crippen LogP contribution in [-0.4, -0.2) is 33.6 Å². The number of hydrogen-bond acceptors (Lipinski definition) is 9. The second-order valence-corrected chi connectivity index (χ2v) is 15.0. The number of thioether (sulfide) groups is 1. The van der Waals surface area contributed by atoms with Crippen molar-refractivity contribution in [3.8, 4) is 11.5 Å². The second kappa shape index (κ2) is 16.5. The monoisotopic (exact) mass is 741 g/mol. The number of ether oxygens (including phenoxy) is 2. The van der Waals surface area contributed by atoms with Crippen LogP contribution in [0.2, 0.25) is 0 Å². The van der Waals surface area contributed by atoms with Crippen LogP contribution < -0.4 is 14.4 Å². The van der Waals surface area contributed by atoms with Gasteiger partial charge >= 0.3 is 5.91 Å². The number of rotatable bonds is 14. The third-order valence-electron chi connectivity index (χ3n) is 9.27. The minimum Gasteiger partial charge on any atom is -0.507 e. The summed E-state index contributed by atoms with van der Waals surface area (Å²) in [6.45, 7) is 5.17. The van der Waals surface area contributed by atoms with E-state index < -0.39 is 17.7 Å². The van der Waals surface area contributed by atoms with Crippen LogP contribution in [0.3, 0.4) is 0 Å². The van der Waals surface area contributed by atoms with Crippen molar-refractivity contribution in [1.82, 2.24) is 10.2 Å². The highest BCUT2D eigenvalue weighted by Crippen LogP contribution is 2.44. The van der Waals surface area contributed by atoms with Gasteiger partial charge in [0.2, 0.25) is 5.13 Å². The lowest BCUT2D eigenvalue weighted by molar-refractivity contribution is -0.132. The van der Waals surface area contributed by atoms with Crippen molar-refractivity contribution in [2.24, 2.45) is 0 Å². The maximum Gasteiger partial charge on any atom is 0.301 e. The number of aliphatic hydroxyl groups is 1. The van der Waals surface area contributed by atoms with E-state index >= 15 is 0 Å². The maximum absolute atomic E-state index is 13.9. The topological polar surface area (TPSA) is 102 Å². The Kier molecular flexibility index (Phi) is 11.2. The number of fused-ring (bicyclic) bond motifs is 1. The Balaban J connectivity index is 1.18. The summed E-state index contributed by atoms with van der Waals surface area (Å²) in [6, 6.07) is 35.7. The van der Waals surface area contributed by atoms with Crippen molar-refractivity contribution in [2.45, 2.75) is 55.9 Å². The van der Waals surface area contributed by atoms with E-state index in [-0.39, 0.29) is 16.5 Å². The van der Waals surface area contributed by atoms with Crippen LogP contribution in [-0.2, 0) is 21.9 Å². The Bertz CT molecular complexity index is 2260. The van der Waals surface area contributed by atoms with E-state index in [0.717, 1.165) is 41.3 Å². The van der Waals surface area contributed by atoms with Gasteiger partial charge in [0.15, 0.2) is 4.34 Å². The molecule has 1 N–H and O–H groups in total. The smallest absolute Gasteiger partial charge is 0.301 e. The van der Waals surface area contributed by atoms with Gasteiger partial charge in [-0.1, -0.05) is 122 Å². The standard InChI is InChI=1S/C43H39N3O5S2/c1-3-4-9-25-50-34-21-17-30(18-22-34)38-37(39(47)31-19-23-35(24-20-31)51-26-32-13-6-5-11-28(32)2)40(48)41(49)46(38)42-44-45-43(53-42)52-27-33-15-10-14-29-12-7-8-16-36(29)33/h5-8,10-24,38,47H,3-4,9,25-27H2,1-2H3/b39-37+. The fraction of sp³-hybridized carbons (Fsp3) is 0.209. The summed E-state index contributed by atoms with van der Waals surface area (Å²) in [5.41, 5.74) is 4.35. The molecular weight excluding hydrogens is 703 g/mol. The van der Waals surface area contributed by atoms with Gasteiger partial charge in [-0.15, -0.1) is 10.2 Å². The van der Waals surface area contributed by atoms with Gasteiger partial charge in [-0.25, -0.2) is 0 Å². The number of nitrogens with zero attached hydrogens (tertiary/aromatic N) is 3. The Labute approximate surface area is 317 Å². The average molecular weight is 742 g/mol. The molecule has 0 aliphatic carbocycles. The van der Waals surface area contributed by atoms with E-state index in [4.69, 9.17) is 9.47 Å². The van der Waals surface area contributed by atoms with E-state index in [9.17, 15) is 14.7 Å². The lowest BCUT2D eigenvalue weighted by Gasteiger charge is -2.22. The molecule has 8 nitrogen and oxygen atoms in total. The quantitative estimate of drug-likeness (QED) is 0.0294. The van der Waals surface area contributed by atoms with E-state index in [1.807, 2.05) is 73.7 Å². The molecule has 53 heavy (non-hydrogen) atoms. The molecule has 6 aromatic rings. The predicted octanol–water partition coefficient (Wildman–Crippen LogP) is 10.1. The number of aliphatic hydroxyl groups excluding tert-OH is 1. The summed E-state index contributed by atoms with van der Waals surface area (Å²) >= 11 is 2.76. The minimum atomic E-state index is -0.940. The van der Waals surface area contributed by atoms with Gasteiger partial charge in [-0.3, -0.25) is 14.5 Å². The molecule has 5 aromatic carbocycles. The number of aryl methyl sites for hydroxylation is 1. The van der Waals surface area contributed by atoms with Crippen LogP contribution in [0.5, 0.6) is 11.5 Å². The van der Waals surface area contributed by atoms with Crippen molar-refractivity contribution in [3.05, 3.63) is 149 Å². The van der Waals surface area contributed by atoms with E-state index in [0.29, 0.717) is 45.9 Å². The first-order chi connectivity index (χ1) is 25.9. The first-order valence-corrected chi connectivity index (χ1v) is 19.5.